The third-order valence-electron chi connectivity index (χ3n) is 3.20. The molecule has 0 amide bonds. The lowest BCUT2D eigenvalue weighted by atomic mass is 10.4. The number of hydrogen-bond acceptors (Lipinski definition) is 5. The van der Waals surface area contributed by atoms with Crippen molar-refractivity contribution in [1.29, 1.82) is 0 Å². The van der Waals surface area contributed by atoms with Crippen LogP contribution in [0.25, 0.3) is 10.2 Å². The van der Waals surface area contributed by atoms with E-state index in [2.05, 4.69) is 25.6 Å². The first-order chi connectivity index (χ1) is 11.0. The number of fused-ring (bicyclic) bond motifs is 1. The molecule has 3 rings (SSSR count). The maximum absolute atomic E-state index is 12.2. The molecule has 0 aliphatic carbocycles. The van der Waals surface area contributed by atoms with Crippen LogP contribution >= 0.6 is 27.3 Å². The van der Waals surface area contributed by atoms with E-state index < -0.39 is 10.0 Å². The predicted molar refractivity (Wildman–Crippen MR) is 93.2 cm³/mol. The molecule has 0 saturated carbocycles. The molecule has 9 heteroatoms. The highest BCUT2D eigenvalue weighted by Gasteiger charge is 2.13. The average Bonchev–Trinajstić information content (AvgIpc) is 2.99. The van der Waals surface area contributed by atoms with E-state index in [1.165, 1.54) is 34.4 Å². The summed E-state index contributed by atoms with van der Waals surface area (Å²) in [7, 11) is -3.60. The van der Waals surface area contributed by atoms with Crippen LogP contribution in [-0.4, -0.2) is 24.5 Å². The predicted octanol–water partition coefficient (Wildman–Crippen LogP) is 2.20. The van der Waals surface area contributed by atoms with Crippen molar-refractivity contribution in [2.45, 2.75) is 11.4 Å². The van der Waals surface area contributed by atoms with Crippen LogP contribution in [0.2, 0.25) is 0 Å². The molecule has 120 valence electrons. The van der Waals surface area contributed by atoms with Gasteiger partial charge >= 0.3 is 0 Å². The molecular weight excluding hydrogens is 402 g/mol. The van der Waals surface area contributed by atoms with Crippen LogP contribution in [0.1, 0.15) is 0 Å². The summed E-state index contributed by atoms with van der Waals surface area (Å²) in [5.74, 6) is 0. The van der Waals surface area contributed by atoms with E-state index >= 15 is 0 Å². The second-order valence-electron chi connectivity index (χ2n) is 4.73. The normalized spacial score (nSPS) is 11.9. The van der Waals surface area contributed by atoms with Crippen molar-refractivity contribution in [2.75, 3.05) is 6.54 Å². The van der Waals surface area contributed by atoms with Crippen LogP contribution in [0.3, 0.4) is 0 Å². The van der Waals surface area contributed by atoms with E-state index in [1.807, 2.05) is 0 Å². The Bertz CT molecular complexity index is 994. The zero-order valence-electron chi connectivity index (χ0n) is 11.8. The molecule has 23 heavy (non-hydrogen) atoms. The van der Waals surface area contributed by atoms with Crippen molar-refractivity contribution in [2.24, 2.45) is 0 Å². The minimum absolute atomic E-state index is 0.108. The number of halogens is 1. The maximum atomic E-state index is 12.2. The molecule has 0 saturated heterocycles. The molecule has 1 aromatic carbocycles. The Morgan fingerprint density at radius 2 is 1.96 bits per heavy atom. The summed E-state index contributed by atoms with van der Waals surface area (Å²) in [4.78, 5) is 16.6. The topological polar surface area (TPSA) is 81.1 Å². The second-order valence-corrected chi connectivity index (χ2v) is 8.33. The van der Waals surface area contributed by atoms with Gasteiger partial charge in [0, 0.05) is 17.6 Å². The Kier molecular flexibility index (Phi) is 4.62. The highest BCUT2D eigenvalue weighted by Crippen LogP contribution is 2.15. The monoisotopic (exact) mass is 413 g/mol. The number of rotatable bonds is 5. The molecule has 0 unspecified atom stereocenters. The first kappa shape index (κ1) is 16.3. The summed E-state index contributed by atoms with van der Waals surface area (Å²) >= 11 is 4.59. The molecule has 0 fully saturated rings. The van der Waals surface area contributed by atoms with Crippen molar-refractivity contribution in [1.82, 2.24) is 14.3 Å². The van der Waals surface area contributed by atoms with Crippen LogP contribution in [0, 0.1) is 0 Å². The van der Waals surface area contributed by atoms with Gasteiger partial charge in [0.25, 0.3) is 5.56 Å². The Hall–Kier alpha value is -1.55. The van der Waals surface area contributed by atoms with Gasteiger partial charge in [-0.25, -0.2) is 18.1 Å². The zero-order valence-corrected chi connectivity index (χ0v) is 15.0. The summed E-state index contributed by atoms with van der Waals surface area (Å²) in [6, 6.07) is 8.12. The molecule has 2 aromatic heterocycles. The van der Waals surface area contributed by atoms with Crippen LogP contribution < -0.4 is 10.3 Å². The molecule has 1 N–H and O–H groups in total. The van der Waals surface area contributed by atoms with E-state index in [1.54, 1.807) is 23.6 Å². The van der Waals surface area contributed by atoms with E-state index in [0.717, 1.165) is 4.47 Å². The molecule has 3 aromatic rings. The van der Waals surface area contributed by atoms with Crippen LogP contribution in [0.5, 0.6) is 0 Å². The number of sulfonamides is 1. The Morgan fingerprint density at radius 3 is 2.70 bits per heavy atom. The van der Waals surface area contributed by atoms with Crippen molar-refractivity contribution in [3.8, 4) is 0 Å². The first-order valence-corrected chi connectivity index (χ1v) is 9.81. The minimum atomic E-state index is -3.60. The fourth-order valence-corrected chi connectivity index (χ4v) is 4.11. The van der Waals surface area contributed by atoms with Gasteiger partial charge in [-0.1, -0.05) is 15.9 Å². The van der Waals surface area contributed by atoms with Gasteiger partial charge in [0.15, 0.2) is 0 Å². The summed E-state index contributed by atoms with van der Waals surface area (Å²) in [6.45, 7) is 0.326. The van der Waals surface area contributed by atoms with Crippen LogP contribution in [0.15, 0.2) is 56.2 Å². The van der Waals surface area contributed by atoms with Crippen molar-refractivity contribution in [3.63, 3.8) is 0 Å². The largest absolute Gasteiger partial charge is 0.297 e. The van der Waals surface area contributed by atoms with E-state index in [4.69, 9.17) is 0 Å². The number of nitrogens with zero attached hydrogens (tertiary/aromatic N) is 2. The Balaban J connectivity index is 1.71. The van der Waals surface area contributed by atoms with Crippen molar-refractivity contribution >= 4 is 47.5 Å². The number of nitrogens with one attached hydrogen (secondary N) is 1. The standard InChI is InChI=1S/C14H12BrN3O3S2/c15-10-1-3-11(4-2-10)23(20,21)17-6-7-18-9-16-12-5-8-22-13(12)14(18)19/h1-5,8-9,17H,6-7H2. The Morgan fingerprint density at radius 1 is 1.22 bits per heavy atom. The lowest BCUT2D eigenvalue weighted by molar-refractivity contribution is 0.570. The Labute approximate surface area is 145 Å². The molecule has 0 aliphatic rings. The fourth-order valence-electron chi connectivity index (χ4n) is 2.04. The average molecular weight is 414 g/mol. The minimum Gasteiger partial charge on any atom is -0.297 e. The van der Waals surface area contributed by atoms with Gasteiger partial charge in [-0.2, -0.15) is 0 Å². The maximum Gasteiger partial charge on any atom is 0.271 e. The van der Waals surface area contributed by atoms with Gasteiger partial charge in [-0.15, -0.1) is 11.3 Å². The van der Waals surface area contributed by atoms with Gasteiger partial charge < -0.3 is 0 Å². The third-order valence-corrected chi connectivity index (χ3v) is 6.10. The fraction of sp³-hybridized carbons (Fsp3) is 0.143. The van der Waals surface area contributed by atoms with Gasteiger partial charge in [-0.3, -0.25) is 9.36 Å². The molecule has 0 bridgehead atoms. The van der Waals surface area contributed by atoms with E-state index in [9.17, 15) is 13.2 Å². The third kappa shape index (κ3) is 3.52. The molecule has 0 spiro atoms. The van der Waals surface area contributed by atoms with E-state index in [-0.39, 0.29) is 23.5 Å². The lowest BCUT2D eigenvalue weighted by Gasteiger charge is -2.08. The summed E-state index contributed by atoms with van der Waals surface area (Å²) in [6.07, 6.45) is 1.44. The van der Waals surface area contributed by atoms with Crippen molar-refractivity contribution < 1.29 is 8.42 Å². The molecule has 0 atom stereocenters. The molecular formula is C14H12BrN3O3S2. The lowest BCUT2D eigenvalue weighted by Crippen LogP contribution is -2.30. The highest BCUT2D eigenvalue weighted by atomic mass is 79.9. The summed E-state index contributed by atoms with van der Waals surface area (Å²) < 4.78 is 29.6. The summed E-state index contributed by atoms with van der Waals surface area (Å²) in [5, 5.41) is 1.81. The number of benzene rings is 1. The number of aromatic nitrogens is 2. The first-order valence-electron chi connectivity index (χ1n) is 6.65. The van der Waals surface area contributed by atoms with Gasteiger partial charge in [0.2, 0.25) is 10.0 Å². The highest BCUT2D eigenvalue weighted by molar-refractivity contribution is 9.10. The SMILES string of the molecule is O=c1c2sccc2ncn1CCNS(=O)(=O)c1ccc(Br)cc1. The van der Waals surface area contributed by atoms with Crippen LogP contribution in [-0.2, 0) is 16.6 Å². The second kappa shape index (κ2) is 6.52. The van der Waals surface area contributed by atoms with Gasteiger partial charge in [0.1, 0.15) is 4.70 Å². The quantitative estimate of drug-likeness (QED) is 0.694. The number of thiophene rings is 1. The molecule has 0 radical (unpaired) electrons. The molecule has 0 aliphatic heterocycles. The van der Waals surface area contributed by atoms with Gasteiger partial charge in [-0.05, 0) is 35.7 Å². The van der Waals surface area contributed by atoms with Crippen molar-refractivity contribution in [3.05, 3.63) is 56.9 Å². The molecule has 2 heterocycles. The number of hydrogen-bond donors (Lipinski definition) is 1. The van der Waals surface area contributed by atoms with Gasteiger partial charge in [0.05, 0.1) is 16.7 Å². The zero-order chi connectivity index (χ0) is 16.4. The smallest absolute Gasteiger partial charge is 0.271 e. The summed E-state index contributed by atoms with van der Waals surface area (Å²) in [5.41, 5.74) is 0.500. The molecule has 6 nitrogen and oxygen atoms in total. The van der Waals surface area contributed by atoms with E-state index in [0.29, 0.717) is 10.2 Å². The van der Waals surface area contributed by atoms with Crippen LogP contribution in [0.4, 0.5) is 0 Å².